The van der Waals surface area contributed by atoms with Gasteiger partial charge in [-0.3, -0.25) is 20.4 Å². The van der Waals surface area contributed by atoms with Gasteiger partial charge in [0.05, 0.1) is 19.3 Å². The van der Waals surface area contributed by atoms with Gasteiger partial charge in [-0.25, -0.2) is 4.79 Å². The summed E-state index contributed by atoms with van der Waals surface area (Å²) in [6, 6.07) is 12.6. The van der Waals surface area contributed by atoms with Crippen molar-refractivity contribution in [3.8, 4) is 11.5 Å². The molecule has 0 atom stereocenters. The van der Waals surface area contributed by atoms with Crippen molar-refractivity contribution in [2.75, 3.05) is 20.3 Å². The Hall–Kier alpha value is -3.55. The van der Waals surface area contributed by atoms with Crippen LogP contribution in [0.1, 0.15) is 27.6 Å². The predicted molar refractivity (Wildman–Crippen MR) is 96.5 cm³/mol. The molecule has 0 bridgehead atoms. The second kappa shape index (κ2) is 9.81. The Balaban J connectivity index is 1.77. The Morgan fingerprint density at radius 3 is 2.04 bits per heavy atom. The molecule has 27 heavy (non-hydrogen) atoms. The summed E-state index contributed by atoms with van der Waals surface area (Å²) in [6.07, 6.45) is 0. The molecular formula is C19H20N2O6. The van der Waals surface area contributed by atoms with Gasteiger partial charge in [0.15, 0.2) is 6.61 Å². The lowest BCUT2D eigenvalue weighted by molar-refractivity contribution is -0.123. The lowest BCUT2D eigenvalue weighted by Crippen LogP contribution is -2.43. The lowest BCUT2D eigenvalue weighted by atomic mass is 10.2. The zero-order valence-electron chi connectivity index (χ0n) is 15.0. The van der Waals surface area contributed by atoms with Crippen molar-refractivity contribution in [3.05, 3.63) is 59.7 Å². The van der Waals surface area contributed by atoms with Gasteiger partial charge < -0.3 is 14.2 Å². The van der Waals surface area contributed by atoms with Crippen LogP contribution in [-0.2, 0) is 9.53 Å². The molecule has 2 N–H and O–H groups in total. The number of carbonyl (C=O) groups excluding carboxylic acids is 3. The molecule has 0 fully saturated rings. The van der Waals surface area contributed by atoms with E-state index in [2.05, 4.69) is 10.9 Å². The fraction of sp³-hybridized carbons (Fsp3) is 0.211. The molecule has 0 radical (unpaired) electrons. The third kappa shape index (κ3) is 6.03. The van der Waals surface area contributed by atoms with Crippen molar-refractivity contribution >= 4 is 17.8 Å². The molecule has 2 rings (SSSR count). The highest BCUT2D eigenvalue weighted by atomic mass is 16.5. The van der Waals surface area contributed by atoms with E-state index < -0.39 is 17.8 Å². The summed E-state index contributed by atoms with van der Waals surface area (Å²) in [6.45, 7) is 1.71. The lowest BCUT2D eigenvalue weighted by Gasteiger charge is -2.09. The normalized spacial score (nSPS) is 9.85. The van der Waals surface area contributed by atoms with Crippen LogP contribution >= 0.6 is 0 Å². The van der Waals surface area contributed by atoms with Crippen molar-refractivity contribution in [3.63, 3.8) is 0 Å². The number of ether oxygens (including phenoxy) is 3. The van der Waals surface area contributed by atoms with Crippen LogP contribution in [0.3, 0.4) is 0 Å². The molecule has 0 aromatic heterocycles. The van der Waals surface area contributed by atoms with Crippen molar-refractivity contribution in [1.29, 1.82) is 0 Å². The molecule has 0 saturated carbocycles. The number of methoxy groups -OCH3 is 1. The van der Waals surface area contributed by atoms with Crippen molar-refractivity contribution in [2.45, 2.75) is 6.92 Å². The maximum Gasteiger partial charge on any atom is 0.338 e. The highest BCUT2D eigenvalue weighted by Crippen LogP contribution is 2.13. The molecule has 0 unspecified atom stereocenters. The highest BCUT2D eigenvalue weighted by Gasteiger charge is 2.09. The first-order chi connectivity index (χ1) is 13.0. The van der Waals surface area contributed by atoms with Gasteiger partial charge in [0.1, 0.15) is 11.5 Å². The summed E-state index contributed by atoms with van der Waals surface area (Å²) in [4.78, 5) is 35.2. The molecule has 142 valence electrons. The fourth-order valence-corrected chi connectivity index (χ4v) is 2.03. The largest absolute Gasteiger partial charge is 0.497 e. The minimum Gasteiger partial charge on any atom is -0.497 e. The van der Waals surface area contributed by atoms with Crippen molar-refractivity contribution in [1.82, 2.24) is 10.9 Å². The number of hydrogen-bond donors (Lipinski definition) is 2. The molecule has 0 heterocycles. The van der Waals surface area contributed by atoms with Gasteiger partial charge in [-0.2, -0.15) is 0 Å². The van der Waals surface area contributed by atoms with Crippen LogP contribution < -0.4 is 20.3 Å². The molecule has 0 aliphatic carbocycles. The second-order valence-electron chi connectivity index (χ2n) is 5.26. The first-order valence-electron chi connectivity index (χ1n) is 8.16. The molecule has 2 aromatic carbocycles. The molecule has 0 spiro atoms. The third-order valence-electron chi connectivity index (χ3n) is 3.40. The minimum atomic E-state index is -0.536. The average molecular weight is 372 g/mol. The van der Waals surface area contributed by atoms with Gasteiger partial charge in [0.2, 0.25) is 0 Å². The molecule has 8 nitrogen and oxygen atoms in total. The van der Waals surface area contributed by atoms with E-state index in [9.17, 15) is 14.4 Å². The van der Waals surface area contributed by atoms with Crippen LogP contribution in [-0.4, -0.2) is 38.1 Å². The highest BCUT2D eigenvalue weighted by molar-refractivity contribution is 5.95. The van der Waals surface area contributed by atoms with Gasteiger partial charge in [-0.05, 0) is 55.5 Å². The van der Waals surface area contributed by atoms with Crippen LogP contribution in [0.15, 0.2) is 48.5 Å². The number of amides is 2. The summed E-state index contributed by atoms with van der Waals surface area (Å²) in [5.74, 6) is -0.406. The Kier molecular flexibility index (Phi) is 7.18. The Morgan fingerprint density at radius 2 is 1.44 bits per heavy atom. The molecule has 2 aromatic rings. The van der Waals surface area contributed by atoms with Gasteiger partial charge in [-0.1, -0.05) is 0 Å². The Bertz CT molecular complexity index is 787. The molecule has 0 saturated heterocycles. The fourth-order valence-electron chi connectivity index (χ4n) is 2.03. The number of benzene rings is 2. The van der Waals surface area contributed by atoms with E-state index in [1.54, 1.807) is 43.3 Å². The third-order valence-corrected chi connectivity index (χ3v) is 3.40. The summed E-state index contributed by atoms with van der Waals surface area (Å²) < 4.78 is 15.2. The number of rotatable bonds is 7. The van der Waals surface area contributed by atoms with E-state index in [0.29, 0.717) is 29.2 Å². The first-order valence-corrected chi connectivity index (χ1v) is 8.16. The molecule has 0 aliphatic heterocycles. The summed E-state index contributed by atoms with van der Waals surface area (Å²) in [5.41, 5.74) is 5.30. The first kappa shape index (κ1) is 19.8. The van der Waals surface area contributed by atoms with Gasteiger partial charge in [0, 0.05) is 5.56 Å². The molecule has 2 amide bonds. The zero-order chi connectivity index (χ0) is 19.6. The van der Waals surface area contributed by atoms with E-state index >= 15 is 0 Å². The average Bonchev–Trinajstić information content (AvgIpc) is 2.71. The van der Waals surface area contributed by atoms with Crippen molar-refractivity contribution in [2.24, 2.45) is 0 Å². The zero-order valence-corrected chi connectivity index (χ0v) is 15.0. The predicted octanol–water partition coefficient (Wildman–Crippen LogP) is 1.71. The van der Waals surface area contributed by atoms with Crippen LogP contribution in [0, 0.1) is 0 Å². The number of esters is 1. The van der Waals surface area contributed by atoms with E-state index in [4.69, 9.17) is 14.2 Å². The number of hydrogen-bond acceptors (Lipinski definition) is 6. The monoisotopic (exact) mass is 372 g/mol. The van der Waals surface area contributed by atoms with E-state index in [0.717, 1.165) is 0 Å². The SMILES string of the molecule is CCOC(=O)c1ccc(OCC(=O)NNC(=O)c2ccc(OC)cc2)cc1. The number of nitrogens with one attached hydrogen (secondary N) is 2. The molecular weight excluding hydrogens is 352 g/mol. The van der Waals surface area contributed by atoms with Gasteiger partial charge >= 0.3 is 5.97 Å². The second-order valence-corrected chi connectivity index (χ2v) is 5.26. The van der Waals surface area contributed by atoms with Gasteiger partial charge in [0.25, 0.3) is 11.8 Å². The topological polar surface area (TPSA) is 103 Å². The van der Waals surface area contributed by atoms with Crippen molar-refractivity contribution < 1.29 is 28.6 Å². The summed E-state index contributed by atoms with van der Waals surface area (Å²) in [7, 11) is 1.53. The van der Waals surface area contributed by atoms with Gasteiger partial charge in [-0.15, -0.1) is 0 Å². The maximum atomic E-state index is 11.9. The maximum absolute atomic E-state index is 11.9. The number of carbonyl (C=O) groups is 3. The van der Waals surface area contributed by atoms with Crippen LogP contribution in [0.5, 0.6) is 11.5 Å². The Morgan fingerprint density at radius 1 is 0.852 bits per heavy atom. The van der Waals surface area contributed by atoms with Crippen LogP contribution in [0.2, 0.25) is 0 Å². The van der Waals surface area contributed by atoms with E-state index in [1.807, 2.05) is 0 Å². The molecule has 8 heteroatoms. The number of hydrazine groups is 1. The van der Waals surface area contributed by atoms with E-state index in [1.165, 1.54) is 19.2 Å². The quantitative estimate of drug-likeness (QED) is 0.567. The summed E-state index contributed by atoms with van der Waals surface area (Å²) in [5, 5.41) is 0. The smallest absolute Gasteiger partial charge is 0.338 e. The summed E-state index contributed by atoms with van der Waals surface area (Å²) >= 11 is 0. The Labute approximate surface area is 156 Å². The minimum absolute atomic E-state index is 0.291. The van der Waals surface area contributed by atoms with Crippen LogP contribution in [0.25, 0.3) is 0 Å². The molecule has 0 aliphatic rings. The standard InChI is InChI=1S/C19H20N2O6/c1-3-26-19(24)14-6-10-16(11-7-14)27-12-17(22)20-21-18(23)13-4-8-15(25-2)9-5-13/h4-11H,3,12H2,1-2H3,(H,20,22)(H,21,23). The van der Waals surface area contributed by atoms with E-state index in [-0.39, 0.29) is 6.61 Å². The van der Waals surface area contributed by atoms with Crippen LogP contribution in [0.4, 0.5) is 0 Å².